The molecule has 0 aliphatic heterocycles. The number of carbonyl (C=O) groups excluding carboxylic acids is 1. The molecular formula is C16H9Cl2F3N2O. The third-order valence-corrected chi connectivity index (χ3v) is 4.10. The first-order valence-electron chi connectivity index (χ1n) is 6.70. The average Bonchev–Trinajstić information content (AvgIpc) is 2.93. The van der Waals surface area contributed by atoms with Gasteiger partial charge in [-0.2, -0.15) is 13.2 Å². The molecule has 0 radical (unpaired) electrons. The van der Waals surface area contributed by atoms with E-state index in [1.165, 1.54) is 36.4 Å². The van der Waals surface area contributed by atoms with Gasteiger partial charge in [0.25, 0.3) is 5.91 Å². The number of aromatic amines is 1. The molecular weight excluding hydrogens is 364 g/mol. The maximum absolute atomic E-state index is 12.7. The van der Waals surface area contributed by atoms with Gasteiger partial charge in [-0.3, -0.25) is 4.79 Å². The van der Waals surface area contributed by atoms with Crippen LogP contribution in [0.3, 0.4) is 0 Å². The minimum Gasteiger partial charge on any atom is -0.351 e. The SMILES string of the molecule is O=C(Nc1ccc2[nH]c(C(F)(F)F)cc2c1)c1ccc(Cl)c(Cl)c1. The molecule has 3 nitrogen and oxygen atoms in total. The number of fused-ring (bicyclic) bond motifs is 1. The van der Waals surface area contributed by atoms with Crippen molar-refractivity contribution in [2.45, 2.75) is 6.18 Å². The highest BCUT2D eigenvalue weighted by Crippen LogP contribution is 2.32. The number of anilines is 1. The molecule has 0 saturated carbocycles. The van der Waals surface area contributed by atoms with E-state index >= 15 is 0 Å². The summed E-state index contributed by atoms with van der Waals surface area (Å²) in [7, 11) is 0. The molecule has 0 fully saturated rings. The number of alkyl halides is 3. The Balaban J connectivity index is 1.86. The molecule has 2 aromatic carbocycles. The van der Waals surface area contributed by atoms with Crippen molar-refractivity contribution in [2.24, 2.45) is 0 Å². The minimum atomic E-state index is -4.46. The Morgan fingerprint density at radius 2 is 1.75 bits per heavy atom. The Labute approximate surface area is 144 Å². The van der Waals surface area contributed by atoms with Gasteiger partial charge in [0.05, 0.1) is 10.0 Å². The topological polar surface area (TPSA) is 44.9 Å². The van der Waals surface area contributed by atoms with Gasteiger partial charge in [0.15, 0.2) is 0 Å². The Kier molecular flexibility index (Phi) is 4.19. The Morgan fingerprint density at radius 1 is 1.00 bits per heavy atom. The van der Waals surface area contributed by atoms with Crippen LogP contribution < -0.4 is 5.32 Å². The Bertz CT molecular complexity index is 935. The lowest BCUT2D eigenvalue weighted by atomic mass is 10.2. The lowest BCUT2D eigenvalue weighted by molar-refractivity contribution is -0.140. The van der Waals surface area contributed by atoms with Gasteiger partial charge in [0.1, 0.15) is 5.69 Å². The molecule has 2 N–H and O–H groups in total. The van der Waals surface area contributed by atoms with E-state index in [9.17, 15) is 18.0 Å². The zero-order chi connectivity index (χ0) is 17.5. The van der Waals surface area contributed by atoms with Gasteiger partial charge in [-0.1, -0.05) is 23.2 Å². The van der Waals surface area contributed by atoms with Crippen LogP contribution in [0, 0.1) is 0 Å². The van der Waals surface area contributed by atoms with Crippen molar-refractivity contribution in [3.8, 4) is 0 Å². The van der Waals surface area contributed by atoms with Crippen molar-refractivity contribution in [3.63, 3.8) is 0 Å². The third-order valence-electron chi connectivity index (χ3n) is 3.37. The van der Waals surface area contributed by atoms with E-state index in [2.05, 4.69) is 10.3 Å². The molecule has 124 valence electrons. The molecule has 8 heteroatoms. The van der Waals surface area contributed by atoms with E-state index < -0.39 is 17.8 Å². The van der Waals surface area contributed by atoms with E-state index in [4.69, 9.17) is 23.2 Å². The van der Waals surface area contributed by atoms with Crippen LogP contribution in [0.1, 0.15) is 16.1 Å². The molecule has 1 heterocycles. The van der Waals surface area contributed by atoms with Gasteiger partial charge in [-0.15, -0.1) is 0 Å². The van der Waals surface area contributed by atoms with E-state index in [-0.39, 0.29) is 10.6 Å². The quantitative estimate of drug-likeness (QED) is 0.591. The van der Waals surface area contributed by atoms with Gasteiger partial charge in [-0.25, -0.2) is 0 Å². The summed E-state index contributed by atoms with van der Waals surface area (Å²) in [4.78, 5) is 14.5. The number of hydrogen-bond acceptors (Lipinski definition) is 1. The standard InChI is InChI=1S/C16H9Cl2F3N2O/c17-11-3-1-8(6-12(11)18)15(24)22-10-2-4-13-9(5-10)7-14(23-13)16(19,20)21/h1-7,23H,(H,22,24). The lowest BCUT2D eigenvalue weighted by Crippen LogP contribution is -2.11. The van der Waals surface area contributed by atoms with E-state index in [0.717, 1.165) is 6.07 Å². The fourth-order valence-electron chi connectivity index (χ4n) is 2.20. The van der Waals surface area contributed by atoms with Crippen LogP contribution in [-0.2, 0) is 6.18 Å². The predicted molar refractivity (Wildman–Crippen MR) is 87.7 cm³/mol. The van der Waals surface area contributed by atoms with Gasteiger partial charge in [0, 0.05) is 22.2 Å². The van der Waals surface area contributed by atoms with Crippen LogP contribution >= 0.6 is 23.2 Å². The molecule has 0 bridgehead atoms. The summed E-state index contributed by atoms with van der Waals surface area (Å²) in [5.41, 5.74) is 0.140. The Morgan fingerprint density at radius 3 is 2.42 bits per heavy atom. The molecule has 1 amide bonds. The second-order valence-corrected chi connectivity index (χ2v) is 5.88. The number of amides is 1. The number of nitrogens with one attached hydrogen (secondary N) is 2. The van der Waals surface area contributed by atoms with E-state index in [1.807, 2.05) is 0 Å². The summed E-state index contributed by atoms with van der Waals surface area (Å²) in [5.74, 6) is -0.445. The molecule has 0 aliphatic rings. The van der Waals surface area contributed by atoms with Crippen LogP contribution in [0.25, 0.3) is 10.9 Å². The van der Waals surface area contributed by atoms with Crippen molar-refractivity contribution < 1.29 is 18.0 Å². The van der Waals surface area contributed by atoms with Crippen LogP contribution in [0.4, 0.5) is 18.9 Å². The van der Waals surface area contributed by atoms with Gasteiger partial charge in [-0.05, 0) is 42.5 Å². The molecule has 24 heavy (non-hydrogen) atoms. The van der Waals surface area contributed by atoms with Gasteiger partial charge < -0.3 is 10.3 Å². The number of aromatic nitrogens is 1. The molecule has 0 aliphatic carbocycles. The first-order valence-corrected chi connectivity index (χ1v) is 7.46. The predicted octanol–water partition coefficient (Wildman–Crippen LogP) is 5.75. The van der Waals surface area contributed by atoms with Crippen LogP contribution in [-0.4, -0.2) is 10.9 Å². The normalized spacial score (nSPS) is 11.7. The van der Waals surface area contributed by atoms with Gasteiger partial charge in [0.2, 0.25) is 0 Å². The number of rotatable bonds is 2. The summed E-state index contributed by atoms with van der Waals surface area (Å²) < 4.78 is 38.1. The third kappa shape index (κ3) is 3.34. The highest BCUT2D eigenvalue weighted by atomic mass is 35.5. The van der Waals surface area contributed by atoms with E-state index in [0.29, 0.717) is 21.6 Å². The fourth-order valence-corrected chi connectivity index (χ4v) is 2.50. The number of halogens is 5. The zero-order valence-electron chi connectivity index (χ0n) is 11.8. The largest absolute Gasteiger partial charge is 0.431 e. The zero-order valence-corrected chi connectivity index (χ0v) is 13.4. The molecule has 0 atom stereocenters. The molecule has 0 spiro atoms. The Hall–Kier alpha value is -2.18. The van der Waals surface area contributed by atoms with Crippen LogP contribution in [0.15, 0.2) is 42.5 Å². The number of H-pyrrole nitrogens is 1. The van der Waals surface area contributed by atoms with Crippen molar-refractivity contribution >= 4 is 45.7 Å². The fraction of sp³-hybridized carbons (Fsp3) is 0.0625. The highest BCUT2D eigenvalue weighted by Gasteiger charge is 2.32. The van der Waals surface area contributed by atoms with Gasteiger partial charge >= 0.3 is 6.18 Å². The average molecular weight is 373 g/mol. The molecule has 3 rings (SSSR count). The minimum absolute atomic E-state index is 0.236. The molecule has 0 saturated heterocycles. The maximum atomic E-state index is 12.7. The van der Waals surface area contributed by atoms with Crippen molar-refractivity contribution in [2.75, 3.05) is 5.32 Å². The first-order chi connectivity index (χ1) is 11.2. The number of hydrogen-bond donors (Lipinski definition) is 2. The van der Waals surface area contributed by atoms with Crippen molar-refractivity contribution in [1.82, 2.24) is 4.98 Å². The summed E-state index contributed by atoms with van der Waals surface area (Å²) in [5, 5.41) is 3.51. The number of carbonyl (C=O) groups is 1. The first kappa shape index (κ1) is 16.7. The second kappa shape index (κ2) is 6.03. The van der Waals surface area contributed by atoms with Crippen LogP contribution in [0.5, 0.6) is 0 Å². The lowest BCUT2D eigenvalue weighted by Gasteiger charge is -2.06. The van der Waals surface area contributed by atoms with Crippen LogP contribution in [0.2, 0.25) is 10.0 Å². The molecule has 1 aromatic heterocycles. The highest BCUT2D eigenvalue weighted by molar-refractivity contribution is 6.42. The maximum Gasteiger partial charge on any atom is 0.431 e. The number of benzene rings is 2. The summed E-state index contributed by atoms with van der Waals surface area (Å²) in [6.45, 7) is 0. The molecule has 3 aromatic rings. The van der Waals surface area contributed by atoms with Crippen molar-refractivity contribution in [1.29, 1.82) is 0 Å². The second-order valence-electron chi connectivity index (χ2n) is 5.07. The smallest absolute Gasteiger partial charge is 0.351 e. The molecule has 0 unspecified atom stereocenters. The summed E-state index contributed by atoms with van der Waals surface area (Å²) in [6.07, 6.45) is -4.46. The summed E-state index contributed by atoms with van der Waals surface area (Å²) >= 11 is 11.7. The summed E-state index contributed by atoms with van der Waals surface area (Å²) in [6, 6.07) is 9.82. The van der Waals surface area contributed by atoms with Crippen molar-refractivity contribution in [3.05, 3.63) is 63.8 Å². The van der Waals surface area contributed by atoms with E-state index in [1.54, 1.807) is 0 Å². The monoisotopic (exact) mass is 372 g/mol.